The molecule has 19 heavy (non-hydrogen) atoms. The summed E-state index contributed by atoms with van der Waals surface area (Å²) in [6.07, 6.45) is 0. The van der Waals surface area contributed by atoms with Gasteiger partial charge in [0.05, 0.1) is 5.69 Å². The van der Waals surface area contributed by atoms with E-state index in [0.717, 1.165) is 18.7 Å². The summed E-state index contributed by atoms with van der Waals surface area (Å²) >= 11 is 0. The standard InChI is InChI=1S/C16H27FN2/c1-11(2)9-19(10-12(3)4)16-14(13(5)18)7-6-8-15(16)17/h6-8,11-13H,9-10,18H2,1-5H3/t13-/m1/s1. The van der Waals surface area contributed by atoms with Gasteiger partial charge in [0, 0.05) is 19.1 Å². The van der Waals surface area contributed by atoms with E-state index in [9.17, 15) is 4.39 Å². The number of nitrogens with two attached hydrogens (primary N) is 1. The van der Waals surface area contributed by atoms with E-state index >= 15 is 0 Å². The van der Waals surface area contributed by atoms with Crippen LogP contribution in [0.3, 0.4) is 0 Å². The zero-order valence-electron chi connectivity index (χ0n) is 12.8. The van der Waals surface area contributed by atoms with Crippen LogP contribution in [0.5, 0.6) is 0 Å². The molecule has 0 aliphatic carbocycles. The van der Waals surface area contributed by atoms with Crippen LogP contribution in [0, 0.1) is 17.7 Å². The minimum atomic E-state index is -0.170. The molecule has 0 aliphatic rings. The molecule has 0 aromatic heterocycles. The highest BCUT2D eigenvalue weighted by Gasteiger charge is 2.19. The molecule has 1 aromatic carbocycles. The van der Waals surface area contributed by atoms with Crippen LogP contribution >= 0.6 is 0 Å². The lowest BCUT2D eigenvalue weighted by Crippen LogP contribution is -2.33. The topological polar surface area (TPSA) is 29.3 Å². The molecule has 0 heterocycles. The molecule has 108 valence electrons. The number of para-hydroxylation sites is 1. The maximum atomic E-state index is 14.3. The van der Waals surface area contributed by atoms with Crippen LogP contribution in [-0.2, 0) is 0 Å². The van der Waals surface area contributed by atoms with E-state index in [-0.39, 0.29) is 11.9 Å². The molecule has 0 bridgehead atoms. The number of anilines is 1. The number of halogens is 1. The van der Waals surface area contributed by atoms with Crippen molar-refractivity contribution < 1.29 is 4.39 Å². The fourth-order valence-corrected chi connectivity index (χ4v) is 2.37. The fourth-order valence-electron chi connectivity index (χ4n) is 2.37. The Morgan fingerprint density at radius 1 is 1.05 bits per heavy atom. The molecule has 0 amide bonds. The summed E-state index contributed by atoms with van der Waals surface area (Å²) < 4.78 is 14.3. The van der Waals surface area contributed by atoms with E-state index < -0.39 is 0 Å². The fraction of sp³-hybridized carbons (Fsp3) is 0.625. The molecule has 2 N–H and O–H groups in total. The van der Waals surface area contributed by atoms with Crippen LogP contribution in [0.2, 0.25) is 0 Å². The van der Waals surface area contributed by atoms with Crippen molar-refractivity contribution >= 4 is 5.69 Å². The third-order valence-corrected chi connectivity index (χ3v) is 3.00. The Labute approximate surface area is 116 Å². The Morgan fingerprint density at radius 2 is 1.58 bits per heavy atom. The predicted octanol–water partition coefficient (Wildman–Crippen LogP) is 3.96. The van der Waals surface area contributed by atoms with Gasteiger partial charge in [0.2, 0.25) is 0 Å². The van der Waals surface area contributed by atoms with Gasteiger partial charge in [-0.1, -0.05) is 39.8 Å². The Balaban J connectivity index is 3.19. The highest BCUT2D eigenvalue weighted by Crippen LogP contribution is 2.29. The lowest BCUT2D eigenvalue weighted by molar-refractivity contribution is 0.534. The first kappa shape index (κ1) is 16.0. The second kappa shape index (κ2) is 6.90. The molecule has 0 saturated heterocycles. The van der Waals surface area contributed by atoms with Gasteiger partial charge < -0.3 is 10.6 Å². The van der Waals surface area contributed by atoms with Crippen LogP contribution in [0.4, 0.5) is 10.1 Å². The summed E-state index contributed by atoms with van der Waals surface area (Å²) in [6, 6.07) is 5.03. The first-order valence-electron chi connectivity index (χ1n) is 7.11. The molecule has 2 nitrogen and oxygen atoms in total. The molecule has 1 aromatic rings. The zero-order valence-corrected chi connectivity index (χ0v) is 12.8. The maximum absolute atomic E-state index is 14.3. The average Bonchev–Trinajstić information content (AvgIpc) is 2.26. The molecule has 0 saturated carbocycles. The average molecular weight is 266 g/mol. The highest BCUT2D eigenvalue weighted by molar-refractivity contribution is 5.56. The first-order chi connectivity index (χ1) is 8.82. The van der Waals surface area contributed by atoms with Crippen LogP contribution in [0.15, 0.2) is 18.2 Å². The smallest absolute Gasteiger partial charge is 0.146 e. The normalized spacial score (nSPS) is 13.1. The van der Waals surface area contributed by atoms with Crippen LogP contribution < -0.4 is 10.6 Å². The summed E-state index contributed by atoms with van der Waals surface area (Å²) in [5.41, 5.74) is 7.56. The van der Waals surface area contributed by atoms with Gasteiger partial charge in [-0.05, 0) is 30.4 Å². The zero-order chi connectivity index (χ0) is 14.6. The summed E-state index contributed by atoms with van der Waals surface area (Å²) in [4.78, 5) is 2.14. The SMILES string of the molecule is CC(C)CN(CC(C)C)c1c(F)cccc1[C@@H](C)N. The van der Waals surface area contributed by atoms with Crippen molar-refractivity contribution in [3.8, 4) is 0 Å². The second-order valence-corrected chi connectivity index (χ2v) is 6.16. The van der Waals surface area contributed by atoms with Gasteiger partial charge in [0.25, 0.3) is 0 Å². The molecular formula is C16H27FN2. The largest absolute Gasteiger partial charge is 0.368 e. The maximum Gasteiger partial charge on any atom is 0.146 e. The Bertz CT molecular complexity index is 390. The third kappa shape index (κ3) is 4.50. The van der Waals surface area contributed by atoms with Gasteiger partial charge >= 0.3 is 0 Å². The van der Waals surface area contributed by atoms with E-state index in [1.807, 2.05) is 13.0 Å². The molecule has 3 heteroatoms. The van der Waals surface area contributed by atoms with Gasteiger partial charge in [-0.2, -0.15) is 0 Å². The molecule has 0 aliphatic heterocycles. The highest BCUT2D eigenvalue weighted by atomic mass is 19.1. The van der Waals surface area contributed by atoms with Gasteiger partial charge in [-0.25, -0.2) is 4.39 Å². The number of rotatable bonds is 6. The van der Waals surface area contributed by atoms with Crippen LogP contribution in [-0.4, -0.2) is 13.1 Å². The number of nitrogens with zero attached hydrogens (tertiary/aromatic N) is 1. The van der Waals surface area contributed by atoms with Crippen molar-refractivity contribution in [3.05, 3.63) is 29.6 Å². The van der Waals surface area contributed by atoms with E-state index in [1.54, 1.807) is 6.07 Å². The van der Waals surface area contributed by atoms with Gasteiger partial charge in [-0.15, -0.1) is 0 Å². The van der Waals surface area contributed by atoms with Crippen molar-refractivity contribution in [2.24, 2.45) is 17.6 Å². The lowest BCUT2D eigenvalue weighted by atomic mass is 10.0. The number of hydrogen-bond acceptors (Lipinski definition) is 2. The van der Waals surface area contributed by atoms with Crippen molar-refractivity contribution in [3.63, 3.8) is 0 Å². The molecule has 0 unspecified atom stereocenters. The lowest BCUT2D eigenvalue weighted by Gasteiger charge is -2.31. The van der Waals surface area contributed by atoms with E-state index in [2.05, 4.69) is 32.6 Å². The molecule has 0 radical (unpaired) electrons. The number of hydrogen-bond donors (Lipinski definition) is 1. The van der Waals surface area contributed by atoms with Crippen LogP contribution in [0.1, 0.15) is 46.2 Å². The predicted molar refractivity (Wildman–Crippen MR) is 80.9 cm³/mol. The quantitative estimate of drug-likeness (QED) is 0.844. The molecule has 1 rings (SSSR count). The van der Waals surface area contributed by atoms with E-state index in [1.165, 1.54) is 6.07 Å². The van der Waals surface area contributed by atoms with E-state index in [0.29, 0.717) is 17.5 Å². The van der Waals surface area contributed by atoms with Crippen molar-refractivity contribution in [2.75, 3.05) is 18.0 Å². The summed E-state index contributed by atoms with van der Waals surface area (Å²) in [6.45, 7) is 12.2. The van der Waals surface area contributed by atoms with Gasteiger partial charge in [0.15, 0.2) is 0 Å². The molecule has 1 atom stereocenters. The minimum Gasteiger partial charge on any atom is -0.368 e. The monoisotopic (exact) mass is 266 g/mol. The summed E-state index contributed by atoms with van der Waals surface area (Å²) in [5, 5.41) is 0. The molecular weight excluding hydrogens is 239 g/mol. The summed E-state index contributed by atoms with van der Waals surface area (Å²) in [5.74, 6) is 0.801. The Hall–Kier alpha value is -1.09. The van der Waals surface area contributed by atoms with Gasteiger partial charge in [0.1, 0.15) is 5.82 Å². The van der Waals surface area contributed by atoms with Gasteiger partial charge in [-0.3, -0.25) is 0 Å². The summed E-state index contributed by atoms with van der Waals surface area (Å²) in [7, 11) is 0. The Kier molecular flexibility index (Phi) is 5.80. The van der Waals surface area contributed by atoms with E-state index in [4.69, 9.17) is 5.73 Å². The molecule has 0 fully saturated rings. The minimum absolute atomic E-state index is 0.160. The molecule has 0 spiro atoms. The van der Waals surface area contributed by atoms with Crippen LogP contribution in [0.25, 0.3) is 0 Å². The van der Waals surface area contributed by atoms with Crippen molar-refractivity contribution in [2.45, 2.75) is 40.7 Å². The second-order valence-electron chi connectivity index (χ2n) is 6.16. The van der Waals surface area contributed by atoms with Crippen molar-refractivity contribution in [1.29, 1.82) is 0 Å². The Morgan fingerprint density at radius 3 is 2.00 bits per heavy atom. The van der Waals surface area contributed by atoms with Crippen molar-refractivity contribution in [1.82, 2.24) is 0 Å². The first-order valence-corrected chi connectivity index (χ1v) is 7.11. The number of benzene rings is 1. The third-order valence-electron chi connectivity index (χ3n) is 3.00.